The summed E-state index contributed by atoms with van der Waals surface area (Å²) in [5.41, 5.74) is 1.13. The SMILES string of the molecule is CSc1ccc2/c(c1)=C\CC/C=C(C)\N=2. The highest BCUT2D eigenvalue weighted by atomic mass is 32.2. The Balaban J connectivity index is 2.64. The van der Waals surface area contributed by atoms with Crippen LogP contribution in [-0.2, 0) is 0 Å². The minimum Gasteiger partial charge on any atom is -0.253 e. The van der Waals surface area contributed by atoms with Gasteiger partial charge in [0.2, 0.25) is 0 Å². The fourth-order valence-corrected chi connectivity index (χ4v) is 2.14. The maximum atomic E-state index is 4.60. The van der Waals surface area contributed by atoms with Crippen LogP contribution >= 0.6 is 11.8 Å². The number of benzene rings is 1. The Bertz CT molecular complexity index is 500. The molecule has 0 unspecified atom stereocenters. The van der Waals surface area contributed by atoms with Crippen molar-refractivity contribution in [3.63, 3.8) is 0 Å². The Hall–Kier alpha value is -1.02. The Morgan fingerprint density at radius 1 is 1.20 bits per heavy atom. The number of nitrogens with zero attached hydrogens (tertiary/aromatic N) is 1. The van der Waals surface area contributed by atoms with E-state index in [1.807, 2.05) is 0 Å². The van der Waals surface area contributed by atoms with E-state index in [2.05, 4.69) is 48.5 Å². The van der Waals surface area contributed by atoms with Gasteiger partial charge in [0.25, 0.3) is 0 Å². The summed E-state index contributed by atoms with van der Waals surface area (Å²) in [6.45, 7) is 2.07. The van der Waals surface area contributed by atoms with Crippen molar-refractivity contribution in [2.45, 2.75) is 24.7 Å². The van der Waals surface area contributed by atoms with Gasteiger partial charge in [-0.3, -0.25) is 4.99 Å². The summed E-state index contributed by atoms with van der Waals surface area (Å²) in [5.74, 6) is 0. The van der Waals surface area contributed by atoms with Gasteiger partial charge >= 0.3 is 0 Å². The van der Waals surface area contributed by atoms with E-state index >= 15 is 0 Å². The third-order valence-electron chi connectivity index (χ3n) is 2.50. The molecule has 1 heterocycles. The van der Waals surface area contributed by atoms with Crippen molar-refractivity contribution in [1.29, 1.82) is 0 Å². The maximum absolute atomic E-state index is 4.60. The van der Waals surface area contributed by atoms with Crippen molar-refractivity contribution >= 4 is 17.8 Å². The largest absolute Gasteiger partial charge is 0.253 e. The average Bonchev–Trinajstić information content (AvgIpc) is 2.23. The smallest absolute Gasteiger partial charge is 0.0702 e. The van der Waals surface area contributed by atoms with Crippen LogP contribution < -0.4 is 10.6 Å². The molecule has 0 N–H and O–H groups in total. The summed E-state index contributed by atoms with van der Waals surface area (Å²) < 4.78 is 0. The van der Waals surface area contributed by atoms with Crippen molar-refractivity contribution in [3.05, 3.63) is 40.5 Å². The Labute approximate surface area is 94.6 Å². The zero-order valence-electron chi connectivity index (χ0n) is 9.16. The number of allylic oxidation sites excluding steroid dienone is 2. The van der Waals surface area contributed by atoms with Gasteiger partial charge in [0.15, 0.2) is 0 Å². The second-order valence-corrected chi connectivity index (χ2v) is 4.54. The summed E-state index contributed by atoms with van der Waals surface area (Å²) >= 11 is 1.78. The fourth-order valence-electron chi connectivity index (χ4n) is 1.69. The monoisotopic (exact) mass is 217 g/mol. The van der Waals surface area contributed by atoms with Crippen LogP contribution in [0.2, 0.25) is 0 Å². The molecule has 0 amide bonds. The van der Waals surface area contributed by atoms with Crippen molar-refractivity contribution < 1.29 is 0 Å². The zero-order chi connectivity index (χ0) is 10.7. The highest BCUT2D eigenvalue weighted by molar-refractivity contribution is 7.98. The normalized spacial score (nSPS) is 23.2. The average molecular weight is 217 g/mol. The number of thioether (sulfide) groups is 1. The predicted molar refractivity (Wildman–Crippen MR) is 66.5 cm³/mol. The zero-order valence-corrected chi connectivity index (χ0v) is 9.97. The van der Waals surface area contributed by atoms with Gasteiger partial charge in [-0.2, -0.15) is 0 Å². The molecule has 0 atom stereocenters. The molecule has 2 heteroatoms. The van der Waals surface area contributed by atoms with Crippen LogP contribution in [0.4, 0.5) is 0 Å². The molecule has 15 heavy (non-hydrogen) atoms. The molecular formula is C13H15NS. The highest BCUT2D eigenvalue weighted by Crippen LogP contribution is 2.10. The quantitative estimate of drug-likeness (QED) is 0.658. The van der Waals surface area contributed by atoms with E-state index in [1.165, 1.54) is 10.1 Å². The standard InChI is InChI=1S/C13H15NS/c1-10-5-3-4-6-11-9-12(15-2)7-8-13(11)14-10/h5-9H,3-4H2,1-2H3/b10-5-,11-6-,14-13-. The molecule has 0 spiro atoms. The van der Waals surface area contributed by atoms with Crippen LogP contribution in [-0.4, -0.2) is 6.26 Å². The molecule has 1 aliphatic heterocycles. The number of hydrogen-bond acceptors (Lipinski definition) is 2. The van der Waals surface area contributed by atoms with E-state index in [0.717, 1.165) is 23.9 Å². The van der Waals surface area contributed by atoms with Crippen LogP contribution in [0.1, 0.15) is 19.8 Å². The topological polar surface area (TPSA) is 12.4 Å². The van der Waals surface area contributed by atoms with Crippen LogP contribution in [0.15, 0.2) is 39.9 Å². The molecule has 0 aliphatic carbocycles. The molecule has 0 radical (unpaired) electrons. The van der Waals surface area contributed by atoms with Crippen LogP contribution in [0.3, 0.4) is 0 Å². The van der Waals surface area contributed by atoms with Crippen molar-refractivity contribution in [2.75, 3.05) is 6.26 Å². The summed E-state index contributed by atoms with van der Waals surface area (Å²) in [5, 5.41) is 2.37. The molecule has 78 valence electrons. The lowest BCUT2D eigenvalue weighted by atomic mass is 10.2. The van der Waals surface area contributed by atoms with E-state index in [9.17, 15) is 0 Å². The lowest BCUT2D eigenvalue weighted by Crippen LogP contribution is -2.25. The Morgan fingerprint density at radius 2 is 2.00 bits per heavy atom. The second-order valence-electron chi connectivity index (χ2n) is 3.66. The minimum absolute atomic E-state index is 1.10. The number of hydrogen-bond donors (Lipinski definition) is 0. The summed E-state index contributed by atoms with van der Waals surface area (Å²) in [4.78, 5) is 5.90. The van der Waals surface area contributed by atoms with Gasteiger partial charge in [0.05, 0.1) is 5.36 Å². The van der Waals surface area contributed by atoms with E-state index < -0.39 is 0 Å². The van der Waals surface area contributed by atoms with E-state index in [-0.39, 0.29) is 0 Å². The minimum atomic E-state index is 1.10. The van der Waals surface area contributed by atoms with Gasteiger partial charge in [-0.25, -0.2) is 0 Å². The van der Waals surface area contributed by atoms with Crippen molar-refractivity contribution in [2.24, 2.45) is 4.99 Å². The molecule has 2 rings (SSSR count). The molecular weight excluding hydrogens is 202 g/mol. The molecule has 0 saturated heterocycles. The second kappa shape index (κ2) is 4.67. The number of rotatable bonds is 1. The fraction of sp³-hybridized carbons (Fsp3) is 0.308. The first-order valence-electron chi connectivity index (χ1n) is 5.19. The van der Waals surface area contributed by atoms with Crippen LogP contribution in [0, 0.1) is 0 Å². The van der Waals surface area contributed by atoms with Gasteiger partial charge in [0, 0.05) is 10.6 Å². The molecule has 1 nitrogen and oxygen atoms in total. The van der Waals surface area contributed by atoms with Crippen LogP contribution in [0.5, 0.6) is 0 Å². The lowest BCUT2D eigenvalue weighted by molar-refractivity contribution is 1.03. The van der Waals surface area contributed by atoms with Gasteiger partial charge in [-0.15, -0.1) is 11.8 Å². The molecule has 0 saturated carbocycles. The number of fused-ring (bicyclic) bond motifs is 1. The molecule has 1 aromatic carbocycles. The summed E-state index contributed by atoms with van der Waals surface area (Å²) in [6, 6.07) is 6.47. The van der Waals surface area contributed by atoms with E-state index in [0.29, 0.717) is 0 Å². The first-order valence-corrected chi connectivity index (χ1v) is 6.42. The molecule has 0 bridgehead atoms. The molecule has 0 fully saturated rings. The van der Waals surface area contributed by atoms with Gasteiger partial charge in [-0.1, -0.05) is 12.2 Å². The first-order chi connectivity index (χ1) is 7.29. The third kappa shape index (κ3) is 2.51. The Morgan fingerprint density at radius 3 is 2.80 bits per heavy atom. The van der Waals surface area contributed by atoms with Crippen LogP contribution in [0.25, 0.3) is 6.08 Å². The molecule has 1 aliphatic rings. The maximum Gasteiger partial charge on any atom is 0.0702 e. The van der Waals surface area contributed by atoms with Gasteiger partial charge in [-0.05, 0) is 49.4 Å². The Kier molecular flexibility index (Phi) is 3.27. The van der Waals surface area contributed by atoms with Crippen molar-refractivity contribution in [3.8, 4) is 0 Å². The lowest BCUT2D eigenvalue weighted by Gasteiger charge is -2.01. The summed E-state index contributed by atoms with van der Waals surface area (Å²) in [7, 11) is 0. The van der Waals surface area contributed by atoms with E-state index in [1.54, 1.807) is 11.8 Å². The molecule has 1 aromatic rings. The third-order valence-corrected chi connectivity index (χ3v) is 3.23. The van der Waals surface area contributed by atoms with Gasteiger partial charge in [0.1, 0.15) is 0 Å². The predicted octanol–water partition coefficient (Wildman–Crippen LogP) is 2.51. The van der Waals surface area contributed by atoms with E-state index in [4.69, 9.17) is 0 Å². The highest BCUT2D eigenvalue weighted by Gasteiger charge is 1.95. The van der Waals surface area contributed by atoms with Crippen molar-refractivity contribution in [1.82, 2.24) is 0 Å². The first kappa shape index (κ1) is 10.5. The molecule has 0 aromatic heterocycles. The van der Waals surface area contributed by atoms with Gasteiger partial charge < -0.3 is 0 Å². The summed E-state index contributed by atoms with van der Waals surface area (Å²) in [6.07, 6.45) is 8.78.